The topological polar surface area (TPSA) is 86.3 Å². The Morgan fingerprint density at radius 1 is 1.03 bits per heavy atom. The van der Waals surface area contributed by atoms with E-state index in [0.29, 0.717) is 23.0 Å². The monoisotopic (exact) mass is 449 g/mol. The fourth-order valence-corrected chi connectivity index (χ4v) is 5.22. The largest absolute Gasteiger partial charge is 0.507 e. The molecule has 0 spiro atoms. The molecule has 1 aliphatic rings. The number of ether oxygens (including phenoxy) is 1. The second-order valence-electron chi connectivity index (χ2n) is 10.5. The number of aromatic nitrogens is 3. The van der Waals surface area contributed by atoms with E-state index in [0.717, 1.165) is 35.6 Å². The summed E-state index contributed by atoms with van der Waals surface area (Å²) in [5.41, 5.74) is 4.03. The number of phenolic OH excluding ortho intramolecular Hbond substituents is 1. The molecule has 0 aliphatic carbocycles. The number of methoxy groups -OCH3 is 1. The number of aromatic hydroxyl groups is 1. The number of hydrogen-bond donors (Lipinski definition) is 3. The molecule has 0 atom stereocenters. The fourth-order valence-electron chi connectivity index (χ4n) is 5.22. The predicted octanol–water partition coefficient (Wildman–Crippen LogP) is 4.91. The minimum absolute atomic E-state index is 0.0482. The van der Waals surface area contributed by atoms with Gasteiger partial charge in [0.25, 0.3) is 0 Å². The van der Waals surface area contributed by atoms with Crippen LogP contribution < -0.4 is 15.0 Å². The maximum atomic E-state index is 10.8. The van der Waals surface area contributed by atoms with Crippen LogP contribution in [0.15, 0.2) is 36.4 Å². The van der Waals surface area contributed by atoms with Crippen LogP contribution in [-0.4, -0.2) is 51.6 Å². The Hall–Kier alpha value is -3.06. The molecule has 0 bridgehead atoms. The van der Waals surface area contributed by atoms with Gasteiger partial charge in [0.1, 0.15) is 17.2 Å². The van der Waals surface area contributed by atoms with Crippen LogP contribution in [0.5, 0.6) is 11.5 Å². The average Bonchev–Trinajstić information content (AvgIpc) is 3.17. The van der Waals surface area contributed by atoms with Gasteiger partial charge < -0.3 is 25.0 Å². The Kier molecular flexibility index (Phi) is 5.86. The Morgan fingerprint density at radius 2 is 1.73 bits per heavy atom. The summed E-state index contributed by atoms with van der Waals surface area (Å²) in [5.74, 6) is 1.47. The first kappa shape index (κ1) is 23.1. The van der Waals surface area contributed by atoms with Gasteiger partial charge in [-0.25, -0.2) is 0 Å². The minimum Gasteiger partial charge on any atom is -0.507 e. The molecule has 1 saturated heterocycles. The van der Waals surface area contributed by atoms with Crippen molar-refractivity contribution >= 4 is 5.82 Å². The van der Waals surface area contributed by atoms with Crippen molar-refractivity contribution in [1.29, 1.82) is 0 Å². The number of rotatable bonds is 5. The van der Waals surface area contributed by atoms with E-state index in [2.05, 4.69) is 60.1 Å². The van der Waals surface area contributed by atoms with Crippen LogP contribution in [0.1, 0.15) is 46.2 Å². The smallest absolute Gasteiger partial charge is 0.151 e. The molecular weight excluding hydrogens is 414 g/mol. The number of benzene rings is 1. The standard InChI is InChI=1S/C26H35N5O2/c1-16-8-9-19(27-16)17-12-21(32)24(22(13-17)33-7)20-10-11-23(29-28-20)31(6)18-14-25(2,3)30-26(4,5)15-18/h8-13,18,27,30,32H,14-15H2,1-7H3. The van der Waals surface area contributed by atoms with Crippen LogP contribution >= 0.6 is 0 Å². The van der Waals surface area contributed by atoms with Crippen molar-refractivity contribution in [3.05, 3.63) is 42.1 Å². The first-order valence-corrected chi connectivity index (χ1v) is 11.4. The zero-order valence-corrected chi connectivity index (χ0v) is 20.7. The van der Waals surface area contributed by atoms with E-state index < -0.39 is 0 Å². The summed E-state index contributed by atoms with van der Waals surface area (Å²) in [7, 11) is 3.68. The maximum absolute atomic E-state index is 10.8. The van der Waals surface area contributed by atoms with Gasteiger partial charge >= 0.3 is 0 Å². The Balaban J connectivity index is 1.62. The van der Waals surface area contributed by atoms with Crippen LogP contribution in [0.25, 0.3) is 22.5 Å². The van der Waals surface area contributed by atoms with Gasteiger partial charge in [0.15, 0.2) is 5.82 Å². The zero-order chi connectivity index (χ0) is 24.0. The molecule has 33 heavy (non-hydrogen) atoms. The summed E-state index contributed by atoms with van der Waals surface area (Å²) in [6, 6.07) is 11.8. The second kappa shape index (κ2) is 8.37. The Labute approximate surface area is 196 Å². The summed E-state index contributed by atoms with van der Waals surface area (Å²) < 4.78 is 5.61. The number of anilines is 1. The van der Waals surface area contributed by atoms with Crippen LogP contribution in [0.3, 0.4) is 0 Å². The van der Waals surface area contributed by atoms with E-state index in [-0.39, 0.29) is 16.8 Å². The van der Waals surface area contributed by atoms with Crippen molar-refractivity contribution in [2.24, 2.45) is 0 Å². The summed E-state index contributed by atoms with van der Waals surface area (Å²) in [6.07, 6.45) is 2.04. The van der Waals surface area contributed by atoms with Crippen LogP contribution in [-0.2, 0) is 0 Å². The first-order valence-electron chi connectivity index (χ1n) is 11.4. The van der Waals surface area contributed by atoms with Crippen molar-refractivity contribution < 1.29 is 9.84 Å². The molecule has 7 heteroatoms. The van der Waals surface area contributed by atoms with Crippen LogP contribution in [0.4, 0.5) is 5.82 Å². The van der Waals surface area contributed by atoms with Gasteiger partial charge in [0.05, 0.1) is 12.7 Å². The zero-order valence-electron chi connectivity index (χ0n) is 20.7. The second-order valence-corrected chi connectivity index (χ2v) is 10.5. The lowest BCUT2D eigenvalue weighted by molar-refractivity contribution is 0.160. The van der Waals surface area contributed by atoms with Gasteiger partial charge in [-0.15, -0.1) is 10.2 Å². The average molecular weight is 450 g/mol. The third-order valence-corrected chi connectivity index (χ3v) is 6.43. The van der Waals surface area contributed by atoms with Crippen molar-refractivity contribution in [2.45, 2.75) is 64.6 Å². The molecular formula is C26H35N5O2. The highest BCUT2D eigenvalue weighted by atomic mass is 16.5. The molecule has 0 unspecified atom stereocenters. The molecule has 4 rings (SSSR count). The third kappa shape index (κ3) is 4.83. The van der Waals surface area contributed by atoms with Gasteiger partial charge in [-0.2, -0.15) is 0 Å². The first-order chi connectivity index (χ1) is 15.5. The van der Waals surface area contributed by atoms with Gasteiger partial charge in [-0.1, -0.05) is 0 Å². The Bertz CT molecular complexity index is 1120. The molecule has 176 valence electrons. The normalized spacial score (nSPS) is 17.7. The van der Waals surface area contributed by atoms with Gasteiger partial charge in [-0.3, -0.25) is 0 Å². The molecule has 7 nitrogen and oxygen atoms in total. The molecule has 3 N–H and O–H groups in total. The molecule has 1 fully saturated rings. The lowest BCUT2D eigenvalue weighted by atomic mass is 9.79. The molecule has 0 radical (unpaired) electrons. The summed E-state index contributed by atoms with van der Waals surface area (Å²) in [5, 5.41) is 23.5. The van der Waals surface area contributed by atoms with Crippen molar-refractivity contribution in [2.75, 3.05) is 19.1 Å². The quantitative estimate of drug-likeness (QED) is 0.513. The predicted molar refractivity (Wildman–Crippen MR) is 133 cm³/mol. The van der Waals surface area contributed by atoms with Crippen LogP contribution in [0, 0.1) is 6.92 Å². The summed E-state index contributed by atoms with van der Waals surface area (Å²) >= 11 is 0. The number of H-pyrrole nitrogens is 1. The van der Waals surface area contributed by atoms with E-state index in [1.807, 2.05) is 37.3 Å². The van der Waals surface area contributed by atoms with Crippen molar-refractivity contribution in [3.8, 4) is 34.0 Å². The third-order valence-electron chi connectivity index (χ3n) is 6.43. The molecule has 3 heterocycles. The number of aromatic amines is 1. The number of phenols is 1. The summed E-state index contributed by atoms with van der Waals surface area (Å²) in [4.78, 5) is 5.51. The molecule has 0 saturated carbocycles. The number of hydrogen-bond acceptors (Lipinski definition) is 6. The molecule has 1 aliphatic heterocycles. The van der Waals surface area contributed by atoms with Gasteiger partial charge in [-0.05, 0) is 83.9 Å². The lowest BCUT2D eigenvalue weighted by Gasteiger charge is -2.49. The molecule has 2 aromatic heterocycles. The molecule has 0 amide bonds. The number of piperidine rings is 1. The lowest BCUT2D eigenvalue weighted by Crippen LogP contribution is -2.62. The minimum atomic E-state index is 0.0482. The number of nitrogens with one attached hydrogen (secondary N) is 2. The highest BCUT2D eigenvalue weighted by Crippen LogP contribution is 2.41. The van der Waals surface area contributed by atoms with E-state index in [4.69, 9.17) is 4.74 Å². The van der Waals surface area contributed by atoms with Crippen molar-refractivity contribution in [3.63, 3.8) is 0 Å². The van der Waals surface area contributed by atoms with E-state index >= 15 is 0 Å². The highest BCUT2D eigenvalue weighted by Gasteiger charge is 2.39. The number of nitrogens with zero attached hydrogens (tertiary/aromatic N) is 3. The van der Waals surface area contributed by atoms with E-state index in [9.17, 15) is 5.11 Å². The van der Waals surface area contributed by atoms with E-state index in [1.54, 1.807) is 13.2 Å². The fraction of sp³-hybridized carbons (Fsp3) is 0.462. The molecule has 1 aromatic carbocycles. The molecule has 3 aromatic rings. The van der Waals surface area contributed by atoms with E-state index in [1.165, 1.54) is 0 Å². The highest BCUT2D eigenvalue weighted by molar-refractivity contribution is 5.79. The summed E-state index contributed by atoms with van der Waals surface area (Å²) in [6.45, 7) is 11.0. The number of aryl methyl sites for hydroxylation is 1. The van der Waals surface area contributed by atoms with Gasteiger partial charge in [0, 0.05) is 41.1 Å². The maximum Gasteiger partial charge on any atom is 0.151 e. The van der Waals surface area contributed by atoms with Gasteiger partial charge in [0.2, 0.25) is 0 Å². The van der Waals surface area contributed by atoms with Crippen LogP contribution in [0.2, 0.25) is 0 Å². The van der Waals surface area contributed by atoms with Crippen molar-refractivity contribution in [1.82, 2.24) is 20.5 Å². The SMILES string of the molecule is COc1cc(-c2ccc(C)[nH]2)cc(O)c1-c1ccc(N(C)C2CC(C)(C)NC(C)(C)C2)nn1. The Morgan fingerprint density at radius 3 is 2.27 bits per heavy atom.